The Kier molecular flexibility index (Phi) is 2.36. The van der Waals surface area contributed by atoms with Gasteiger partial charge in [-0.3, -0.25) is 0 Å². The largest absolute Gasteiger partial charge is 0.306 e. The second kappa shape index (κ2) is 4.20. The summed E-state index contributed by atoms with van der Waals surface area (Å²) in [5, 5.41) is 0. The second-order valence-electron chi connectivity index (χ2n) is 5.10. The fraction of sp³-hybridized carbons (Fsp3) is 0.0556. The van der Waals surface area contributed by atoms with Gasteiger partial charge in [0.05, 0.1) is 5.69 Å². The molecule has 0 unspecified atom stereocenters. The number of rotatable bonds is 1. The SMILES string of the molecule is Cc1cn2cccc(/C=C3\C=Cc4ccccc43)c2n1. The highest BCUT2D eigenvalue weighted by atomic mass is 15.0. The predicted molar refractivity (Wildman–Crippen MR) is 83.3 cm³/mol. The zero-order chi connectivity index (χ0) is 13.5. The van der Waals surface area contributed by atoms with E-state index in [0.717, 1.165) is 16.9 Å². The van der Waals surface area contributed by atoms with Crippen LogP contribution in [0.5, 0.6) is 0 Å². The maximum absolute atomic E-state index is 4.61. The summed E-state index contributed by atoms with van der Waals surface area (Å²) in [6, 6.07) is 12.6. The van der Waals surface area contributed by atoms with Gasteiger partial charge in [-0.15, -0.1) is 0 Å². The van der Waals surface area contributed by atoms with Gasteiger partial charge in [-0.05, 0) is 41.8 Å². The summed E-state index contributed by atoms with van der Waals surface area (Å²) in [6.07, 6.45) is 10.6. The molecule has 96 valence electrons. The predicted octanol–water partition coefficient (Wildman–Crippen LogP) is 4.21. The number of aromatic nitrogens is 2. The molecule has 0 amide bonds. The topological polar surface area (TPSA) is 17.3 Å². The van der Waals surface area contributed by atoms with Crippen LogP contribution in [0, 0.1) is 6.92 Å². The van der Waals surface area contributed by atoms with Gasteiger partial charge < -0.3 is 4.40 Å². The number of allylic oxidation sites excluding steroid dienone is 2. The third kappa shape index (κ3) is 1.69. The van der Waals surface area contributed by atoms with Gasteiger partial charge in [0.15, 0.2) is 0 Å². The highest BCUT2D eigenvalue weighted by molar-refractivity contribution is 5.98. The molecule has 0 saturated carbocycles. The van der Waals surface area contributed by atoms with Crippen LogP contribution in [0.4, 0.5) is 0 Å². The highest BCUT2D eigenvalue weighted by Crippen LogP contribution is 2.31. The summed E-state index contributed by atoms with van der Waals surface area (Å²) >= 11 is 0. The summed E-state index contributed by atoms with van der Waals surface area (Å²) in [6.45, 7) is 2.02. The lowest BCUT2D eigenvalue weighted by molar-refractivity contribution is 1.18. The Bertz CT molecular complexity index is 866. The van der Waals surface area contributed by atoms with Gasteiger partial charge in [-0.2, -0.15) is 0 Å². The Morgan fingerprint density at radius 3 is 2.90 bits per heavy atom. The number of fused-ring (bicyclic) bond motifs is 2. The van der Waals surface area contributed by atoms with Crippen molar-refractivity contribution in [1.29, 1.82) is 0 Å². The first-order chi connectivity index (χ1) is 9.81. The number of aryl methyl sites for hydroxylation is 1. The van der Waals surface area contributed by atoms with Crippen molar-refractivity contribution in [1.82, 2.24) is 9.38 Å². The monoisotopic (exact) mass is 258 g/mol. The van der Waals surface area contributed by atoms with Gasteiger partial charge in [0.25, 0.3) is 0 Å². The Hall–Kier alpha value is -2.61. The van der Waals surface area contributed by atoms with Crippen LogP contribution < -0.4 is 0 Å². The lowest BCUT2D eigenvalue weighted by atomic mass is 10.0. The Balaban J connectivity index is 1.90. The molecule has 2 heterocycles. The highest BCUT2D eigenvalue weighted by Gasteiger charge is 2.10. The van der Waals surface area contributed by atoms with E-state index < -0.39 is 0 Å². The van der Waals surface area contributed by atoms with Crippen molar-refractivity contribution in [2.45, 2.75) is 6.92 Å². The molecule has 20 heavy (non-hydrogen) atoms. The molecule has 1 aromatic carbocycles. The van der Waals surface area contributed by atoms with Crippen molar-refractivity contribution in [3.8, 4) is 0 Å². The average molecular weight is 258 g/mol. The number of imidazole rings is 1. The van der Waals surface area contributed by atoms with Gasteiger partial charge in [0.1, 0.15) is 5.65 Å². The van der Waals surface area contributed by atoms with Gasteiger partial charge in [-0.25, -0.2) is 4.98 Å². The zero-order valence-electron chi connectivity index (χ0n) is 11.2. The standard InChI is InChI=1S/C18H14N2/c1-13-12-20-10-4-6-16(18(20)19-13)11-15-9-8-14-5-2-3-7-17(14)15/h2-12H,1H3/b15-11+. The first-order valence-electron chi connectivity index (χ1n) is 6.75. The Labute approximate surface area is 117 Å². The Morgan fingerprint density at radius 2 is 1.95 bits per heavy atom. The Morgan fingerprint density at radius 1 is 1.05 bits per heavy atom. The van der Waals surface area contributed by atoms with E-state index in [1.165, 1.54) is 16.7 Å². The average Bonchev–Trinajstić information content (AvgIpc) is 3.03. The van der Waals surface area contributed by atoms with Crippen molar-refractivity contribution in [2.75, 3.05) is 0 Å². The van der Waals surface area contributed by atoms with Gasteiger partial charge in [0.2, 0.25) is 0 Å². The molecule has 0 N–H and O–H groups in total. The summed E-state index contributed by atoms with van der Waals surface area (Å²) < 4.78 is 2.08. The van der Waals surface area contributed by atoms with Crippen LogP contribution in [-0.2, 0) is 0 Å². The summed E-state index contributed by atoms with van der Waals surface area (Å²) in [5.74, 6) is 0. The van der Waals surface area contributed by atoms with E-state index in [4.69, 9.17) is 0 Å². The van der Waals surface area contributed by atoms with Crippen molar-refractivity contribution in [3.63, 3.8) is 0 Å². The molecule has 2 aromatic heterocycles. The van der Waals surface area contributed by atoms with Crippen LogP contribution in [-0.4, -0.2) is 9.38 Å². The minimum absolute atomic E-state index is 1.01. The number of benzene rings is 1. The smallest absolute Gasteiger partial charge is 0.144 e. The third-order valence-electron chi connectivity index (χ3n) is 3.66. The van der Waals surface area contributed by atoms with E-state index in [0.29, 0.717) is 0 Å². The van der Waals surface area contributed by atoms with Crippen molar-refractivity contribution < 1.29 is 0 Å². The van der Waals surface area contributed by atoms with Crippen molar-refractivity contribution in [2.24, 2.45) is 0 Å². The molecule has 0 bridgehead atoms. The minimum atomic E-state index is 1.01. The van der Waals surface area contributed by atoms with Crippen LogP contribution in [0.2, 0.25) is 0 Å². The molecule has 2 heteroatoms. The fourth-order valence-corrected chi connectivity index (χ4v) is 2.74. The van der Waals surface area contributed by atoms with Crippen LogP contribution in [0.15, 0.2) is 54.9 Å². The maximum atomic E-state index is 4.61. The van der Waals surface area contributed by atoms with E-state index in [1.807, 2.05) is 13.1 Å². The number of hydrogen-bond donors (Lipinski definition) is 0. The molecule has 0 spiro atoms. The van der Waals surface area contributed by atoms with Crippen LogP contribution in [0.25, 0.3) is 23.4 Å². The quantitative estimate of drug-likeness (QED) is 0.639. The number of hydrogen-bond acceptors (Lipinski definition) is 1. The first-order valence-corrected chi connectivity index (χ1v) is 6.75. The lowest BCUT2D eigenvalue weighted by Gasteiger charge is -2.02. The lowest BCUT2D eigenvalue weighted by Crippen LogP contribution is -1.87. The number of nitrogens with zero attached hydrogens (tertiary/aromatic N) is 2. The normalized spacial score (nSPS) is 15.2. The summed E-state index contributed by atoms with van der Waals surface area (Å²) in [5.41, 5.74) is 7.02. The molecule has 1 aliphatic rings. The minimum Gasteiger partial charge on any atom is -0.306 e. The van der Waals surface area contributed by atoms with Crippen LogP contribution in [0.3, 0.4) is 0 Å². The molecule has 0 saturated heterocycles. The van der Waals surface area contributed by atoms with Crippen LogP contribution in [0.1, 0.15) is 22.4 Å². The third-order valence-corrected chi connectivity index (χ3v) is 3.66. The fourth-order valence-electron chi connectivity index (χ4n) is 2.74. The van der Waals surface area contributed by atoms with Gasteiger partial charge in [0, 0.05) is 18.0 Å². The maximum Gasteiger partial charge on any atom is 0.144 e. The van der Waals surface area contributed by atoms with Gasteiger partial charge >= 0.3 is 0 Å². The van der Waals surface area contributed by atoms with E-state index in [1.54, 1.807) is 0 Å². The van der Waals surface area contributed by atoms with E-state index in [9.17, 15) is 0 Å². The molecule has 3 aromatic rings. The van der Waals surface area contributed by atoms with E-state index in [2.05, 4.69) is 70.2 Å². The van der Waals surface area contributed by atoms with E-state index >= 15 is 0 Å². The van der Waals surface area contributed by atoms with Crippen LogP contribution >= 0.6 is 0 Å². The molecule has 2 nitrogen and oxygen atoms in total. The molecule has 0 atom stereocenters. The number of pyridine rings is 1. The first kappa shape index (κ1) is 11.2. The van der Waals surface area contributed by atoms with E-state index in [-0.39, 0.29) is 0 Å². The molecule has 0 radical (unpaired) electrons. The second-order valence-corrected chi connectivity index (χ2v) is 5.10. The molecule has 1 aliphatic carbocycles. The van der Waals surface area contributed by atoms with Crippen molar-refractivity contribution in [3.05, 3.63) is 77.3 Å². The van der Waals surface area contributed by atoms with Gasteiger partial charge in [-0.1, -0.05) is 36.4 Å². The summed E-state index contributed by atoms with van der Waals surface area (Å²) in [7, 11) is 0. The summed E-state index contributed by atoms with van der Waals surface area (Å²) in [4.78, 5) is 4.61. The molecule has 4 rings (SSSR count). The molecular weight excluding hydrogens is 244 g/mol. The molecular formula is C18H14N2. The molecule has 0 aliphatic heterocycles. The zero-order valence-corrected chi connectivity index (χ0v) is 11.2. The molecule has 0 fully saturated rings. The van der Waals surface area contributed by atoms with Crippen molar-refractivity contribution >= 4 is 23.4 Å².